The Morgan fingerprint density at radius 3 is 2.56 bits per heavy atom. The Bertz CT molecular complexity index is 1550. The molecule has 1 atom stereocenters. The van der Waals surface area contributed by atoms with Crippen LogP contribution in [0.5, 0.6) is 11.5 Å². The van der Waals surface area contributed by atoms with Crippen molar-refractivity contribution in [3.05, 3.63) is 90.4 Å². The lowest BCUT2D eigenvalue weighted by atomic mass is 9.95. The van der Waals surface area contributed by atoms with Gasteiger partial charge in [-0.2, -0.15) is 0 Å². The highest BCUT2D eigenvalue weighted by Crippen LogP contribution is 2.36. The van der Waals surface area contributed by atoms with Gasteiger partial charge in [0.25, 0.3) is 5.56 Å². The van der Waals surface area contributed by atoms with Gasteiger partial charge in [0.2, 0.25) is 0 Å². The minimum atomic E-state index is -0.786. The van der Waals surface area contributed by atoms with E-state index in [1.807, 2.05) is 6.07 Å². The molecule has 0 fully saturated rings. The second-order valence-electron chi connectivity index (χ2n) is 9.55. The summed E-state index contributed by atoms with van der Waals surface area (Å²) in [5, 5.41) is 0. The van der Waals surface area contributed by atoms with Gasteiger partial charge in [0.15, 0.2) is 16.3 Å². The van der Waals surface area contributed by atoms with Crippen LogP contribution in [0.3, 0.4) is 0 Å². The Balaban J connectivity index is 1.85. The highest BCUT2D eigenvalue weighted by Gasteiger charge is 2.34. The van der Waals surface area contributed by atoms with Crippen LogP contribution in [0.2, 0.25) is 0 Å². The number of rotatable bonds is 10. The number of benzene rings is 2. The first-order valence-corrected chi connectivity index (χ1v) is 13.8. The van der Waals surface area contributed by atoms with Gasteiger partial charge in [-0.25, -0.2) is 14.2 Å². The molecule has 2 heterocycles. The summed E-state index contributed by atoms with van der Waals surface area (Å²) >= 11 is 1.21. The SMILES string of the molecule is CCCCCOc1ccc(C2C(C(=O)OC(C)C)=C(C)N=c3sc(=Cc4ccc(F)cc4)c(=O)n32)cc1OC. The average molecular weight is 553 g/mol. The molecule has 2 aromatic carbocycles. The number of unbranched alkanes of at least 4 members (excludes halogenated alkanes) is 2. The standard InChI is InChI=1S/C30H33FN2O5S/c1-6-7-8-15-37-23-14-11-21(17-24(23)36-5)27-26(29(35)38-18(2)3)19(4)32-30-33(27)28(34)25(39-30)16-20-9-12-22(31)13-10-20/h9-14,16-18,27H,6-8,15H2,1-5H3. The Morgan fingerprint density at radius 1 is 1.15 bits per heavy atom. The van der Waals surface area contributed by atoms with Crippen molar-refractivity contribution in [2.75, 3.05) is 13.7 Å². The van der Waals surface area contributed by atoms with Gasteiger partial charge in [0, 0.05) is 0 Å². The quantitative estimate of drug-likeness (QED) is 0.264. The highest BCUT2D eigenvalue weighted by molar-refractivity contribution is 7.07. The number of carbonyl (C=O) groups is 1. The van der Waals surface area contributed by atoms with Crippen molar-refractivity contribution >= 4 is 23.4 Å². The average Bonchev–Trinajstić information content (AvgIpc) is 3.20. The number of allylic oxidation sites excluding steroid dienone is 1. The molecule has 206 valence electrons. The Morgan fingerprint density at radius 2 is 1.90 bits per heavy atom. The molecule has 9 heteroatoms. The van der Waals surface area contributed by atoms with Crippen LogP contribution in [0.15, 0.2) is 63.5 Å². The van der Waals surface area contributed by atoms with Crippen LogP contribution in [0, 0.1) is 5.82 Å². The van der Waals surface area contributed by atoms with Gasteiger partial charge in [0.1, 0.15) is 5.82 Å². The normalized spacial score (nSPS) is 15.3. The van der Waals surface area contributed by atoms with Crippen molar-refractivity contribution in [3.63, 3.8) is 0 Å². The first-order valence-electron chi connectivity index (χ1n) is 13.0. The van der Waals surface area contributed by atoms with E-state index in [1.165, 1.54) is 28.0 Å². The molecule has 1 aliphatic rings. The van der Waals surface area contributed by atoms with E-state index in [0.717, 1.165) is 19.3 Å². The number of carbonyl (C=O) groups excluding carboxylic acids is 1. The van der Waals surface area contributed by atoms with Gasteiger partial charge in [-0.3, -0.25) is 9.36 Å². The molecular formula is C30H33FN2O5S. The number of methoxy groups -OCH3 is 1. The smallest absolute Gasteiger partial charge is 0.338 e. The molecule has 0 N–H and O–H groups in total. The molecule has 0 amide bonds. The summed E-state index contributed by atoms with van der Waals surface area (Å²) in [7, 11) is 1.56. The third-order valence-electron chi connectivity index (χ3n) is 6.26. The minimum absolute atomic E-state index is 0.281. The Kier molecular flexibility index (Phi) is 9.01. The number of nitrogens with zero attached hydrogens (tertiary/aromatic N) is 2. The lowest BCUT2D eigenvalue weighted by Crippen LogP contribution is -2.40. The van der Waals surface area contributed by atoms with Crippen molar-refractivity contribution in [2.45, 2.75) is 59.1 Å². The fourth-order valence-electron chi connectivity index (χ4n) is 4.39. The van der Waals surface area contributed by atoms with Crippen molar-refractivity contribution < 1.29 is 23.4 Å². The molecule has 0 aliphatic carbocycles. The molecule has 0 saturated heterocycles. The predicted octanol–water partition coefficient (Wildman–Crippen LogP) is 4.90. The monoisotopic (exact) mass is 552 g/mol. The number of aromatic nitrogens is 1. The number of thiazole rings is 1. The molecule has 3 aromatic rings. The van der Waals surface area contributed by atoms with Gasteiger partial charge in [-0.05, 0) is 68.7 Å². The molecule has 0 saturated carbocycles. The van der Waals surface area contributed by atoms with E-state index < -0.39 is 12.0 Å². The van der Waals surface area contributed by atoms with Gasteiger partial charge in [0.05, 0.1) is 41.7 Å². The topological polar surface area (TPSA) is 79.1 Å². The fourth-order valence-corrected chi connectivity index (χ4v) is 5.44. The molecule has 4 rings (SSSR count). The largest absolute Gasteiger partial charge is 0.493 e. The maximum absolute atomic E-state index is 13.8. The zero-order valence-electron chi connectivity index (χ0n) is 22.8. The molecule has 1 unspecified atom stereocenters. The summed E-state index contributed by atoms with van der Waals surface area (Å²) in [5.41, 5.74) is 1.78. The van der Waals surface area contributed by atoms with Crippen molar-refractivity contribution in [1.82, 2.24) is 4.57 Å². The molecule has 39 heavy (non-hydrogen) atoms. The summed E-state index contributed by atoms with van der Waals surface area (Å²) < 4.78 is 32.5. The van der Waals surface area contributed by atoms with Crippen LogP contribution < -0.4 is 24.4 Å². The van der Waals surface area contributed by atoms with Crippen LogP contribution in [0.1, 0.15) is 64.1 Å². The number of hydrogen-bond acceptors (Lipinski definition) is 7. The van der Waals surface area contributed by atoms with Crippen LogP contribution in [0.4, 0.5) is 4.39 Å². The first-order chi connectivity index (χ1) is 18.7. The van der Waals surface area contributed by atoms with Gasteiger partial charge in [-0.1, -0.05) is 49.3 Å². The van der Waals surface area contributed by atoms with Crippen LogP contribution >= 0.6 is 11.3 Å². The zero-order chi connectivity index (χ0) is 28.1. The van der Waals surface area contributed by atoms with Crippen LogP contribution in [-0.4, -0.2) is 30.4 Å². The Labute approximate surface area is 230 Å². The maximum Gasteiger partial charge on any atom is 0.338 e. The maximum atomic E-state index is 13.8. The third-order valence-corrected chi connectivity index (χ3v) is 7.24. The van der Waals surface area contributed by atoms with Gasteiger partial charge in [-0.15, -0.1) is 0 Å². The van der Waals surface area contributed by atoms with E-state index >= 15 is 0 Å². The summed E-state index contributed by atoms with van der Waals surface area (Å²) in [6, 6.07) is 10.5. The summed E-state index contributed by atoms with van der Waals surface area (Å²) in [6.07, 6.45) is 4.43. The molecular weight excluding hydrogens is 519 g/mol. The van der Waals surface area contributed by atoms with Gasteiger partial charge < -0.3 is 14.2 Å². The van der Waals surface area contributed by atoms with E-state index in [2.05, 4.69) is 11.9 Å². The number of hydrogen-bond donors (Lipinski definition) is 0. The van der Waals surface area contributed by atoms with E-state index in [1.54, 1.807) is 58.2 Å². The number of esters is 1. The van der Waals surface area contributed by atoms with Crippen molar-refractivity contribution in [2.24, 2.45) is 4.99 Å². The van der Waals surface area contributed by atoms with Crippen LogP contribution in [0.25, 0.3) is 6.08 Å². The summed E-state index contributed by atoms with van der Waals surface area (Å²) in [4.78, 5) is 32.2. The fraction of sp³-hybridized carbons (Fsp3) is 0.367. The first kappa shape index (κ1) is 28.3. The summed E-state index contributed by atoms with van der Waals surface area (Å²) in [6.45, 7) is 7.98. The molecule has 0 radical (unpaired) electrons. The van der Waals surface area contributed by atoms with E-state index in [0.29, 0.717) is 44.3 Å². The second-order valence-corrected chi connectivity index (χ2v) is 10.6. The van der Waals surface area contributed by atoms with E-state index in [9.17, 15) is 14.0 Å². The summed E-state index contributed by atoms with van der Waals surface area (Å²) in [5.74, 6) is 0.198. The molecule has 0 bridgehead atoms. The van der Waals surface area contributed by atoms with E-state index in [-0.39, 0.29) is 23.1 Å². The van der Waals surface area contributed by atoms with Gasteiger partial charge >= 0.3 is 5.97 Å². The highest BCUT2D eigenvalue weighted by atomic mass is 32.1. The molecule has 1 aromatic heterocycles. The van der Waals surface area contributed by atoms with Crippen molar-refractivity contribution in [1.29, 1.82) is 0 Å². The number of ether oxygens (including phenoxy) is 3. The second kappa shape index (κ2) is 12.4. The van der Waals surface area contributed by atoms with Crippen LogP contribution in [-0.2, 0) is 9.53 Å². The van der Waals surface area contributed by atoms with E-state index in [4.69, 9.17) is 14.2 Å². The number of halogens is 1. The molecule has 0 spiro atoms. The third kappa shape index (κ3) is 6.30. The minimum Gasteiger partial charge on any atom is -0.493 e. The lowest BCUT2D eigenvalue weighted by molar-refractivity contribution is -0.143. The molecule has 7 nitrogen and oxygen atoms in total. The number of fused-ring (bicyclic) bond motifs is 1. The zero-order valence-corrected chi connectivity index (χ0v) is 23.6. The Hall–Kier alpha value is -3.72. The lowest BCUT2D eigenvalue weighted by Gasteiger charge is -2.26. The predicted molar refractivity (Wildman–Crippen MR) is 149 cm³/mol. The molecule has 1 aliphatic heterocycles. The van der Waals surface area contributed by atoms with Crippen molar-refractivity contribution in [3.8, 4) is 11.5 Å².